The van der Waals surface area contributed by atoms with Crippen molar-refractivity contribution in [1.82, 2.24) is 0 Å². The van der Waals surface area contributed by atoms with Crippen LogP contribution in [0.1, 0.15) is 23.6 Å². The van der Waals surface area contributed by atoms with Crippen molar-refractivity contribution in [2.45, 2.75) is 19.3 Å². The predicted octanol–water partition coefficient (Wildman–Crippen LogP) is 4.50. The molecule has 98 valence electrons. The molecule has 0 saturated heterocycles. The van der Waals surface area contributed by atoms with E-state index >= 15 is 0 Å². The lowest BCUT2D eigenvalue weighted by Gasteiger charge is -2.27. The third-order valence-electron chi connectivity index (χ3n) is 3.72. The van der Waals surface area contributed by atoms with E-state index in [9.17, 15) is 0 Å². The molecule has 0 aliphatic carbocycles. The molecule has 1 heteroatoms. The topological polar surface area (TPSA) is 9.23 Å². The van der Waals surface area contributed by atoms with Gasteiger partial charge in [0.05, 0.1) is 7.11 Å². The fraction of sp³-hybridized carbons (Fsp3) is 0.222. The fourth-order valence-corrected chi connectivity index (χ4v) is 2.31. The molecule has 1 nitrogen and oxygen atoms in total. The number of rotatable bonds is 4. The van der Waals surface area contributed by atoms with Gasteiger partial charge in [-0.3, -0.25) is 0 Å². The van der Waals surface area contributed by atoms with Crippen LogP contribution in [0.5, 0.6) is 5.75 Å². The lowest BCUT2D eigenvalue weighted by atomic mass is 9.76. The Morgan fingerprint density at radius 1 is 1.05 bits per heavy atom. The SMILES string of the molecule is C=CC(C)(c1ccc(OC)cc1)c1cccc(C)c1. The van der Waals surface area contributed by atoms with Crippen LogP contribution in [0.25, 0.3) is 0 Å². The van der Waals surface area contributed by atoms with Crippen molar-refractivity contribution in [2.75, 3.05) is 7.11 Å². The van der Waals surface area contributed by atoms with Gasteiger partial charge in [0.2, 0.25) is 0 Å². The smallest absolute Gasteiger partial charge is 0.118 e. The first-order valence-electron chi connectivity index (χ1n) is 6.45. The van der Waals surface area contributed by atoms with Crippen molar-refractivity contribution in [2.24, 2.45) is 0 Å². The highest BCUT2D eigenvalue weighted by Crippen LogP contribution is 2.34. The molecule has 0 amide bonds. The van der Waals surface area contributed by atoms with Crippen LogP contribution in [-0.2, 0) is 5.41 Å². The van der Waals surface area contributed by atoms with Gasteiger partial charge in [-0.1, -0.05) is 48.0 Å². The number of aryl methyl sites for hydroxylation is 1. The summed E-state index contributed by atoms with van der Waals surface area (Å²) in [6.07, 6.45) is 2.00. The minimum Gasteiger partial charge on any atom is -0.497 e. The summed E-state index contributed by atoms with van der Waals surface area (Å²) in [6.45, 7) is 8.33. The molecule has 0 heterocycles. The first-order chi connectivity index (χ1) is 9.10. The third-order valence-corrected chi connectivity index (χ3v) is 3.72. The van der Waals surface area contributed by atoms with E-state index in [0.29, 0.717) is 0 Å². The van der Waals surface area contributed by atoms with E-state index in [1.165, 1.54) is 16.7 Å². The van der Waals surface area contributed by atoms with Crippen LogP contribution < -0.4 is 4.74 Å². The van der Waals surface area contributed by atoms with Crippen LogP contribution in [0, 0.1) is 6.92 Å². The maximum absolute atomic E-state index is 5.21. The van der Waals surface area contributed by atoms with Gasteiger partial charge in [-0.25, -0.2) is 0 Å². The van der Waals surface area contributed by atoms with Gasteiger partial charge in [-0.15, -0.1) is 6.58 Å². The Morgan fingerprint density at radius 3 is 2.26 bits per heavy atom. The standard InChI is InChI=1S/C18H20O/c1-5-18(3,16-8-6-7-14(2)13-16)15-9-11-17(19-4)12-10-15/h5-13H,1H2,2-4H3. The summed E-state index contributed by atoms with van der Waals surface area (Å²) in [4.78, 5) is 0. The molecule has 0 saturated carbocycles. The summed E-state index contributed by atoms with van der Waals surface area (Å²) in [6, 6.07) is 16.8. The van der Waals surface area contributed by atoms with Gasteiger partial charge in [0.1, 0.15) is 5.75 Å². The zero-order valence-electron chi connectivity index (χ0n) is 11.8. The van der Waals surface area contributed by atoms with Crippen molar-refractivity contribution in [1.29, 1.82) is 0 Å². The highest BCUT2D eigenvalue weighted by atomic mass is 16.5. The van der Waals surface area contributed by atoms with Crippen molar-refractivity contribution in [3.8, 4) is 5.75 Å². The van der Waals surface area contributed by atoms with Gasteiger partial charge in [-0.2, -0.15) is 0 Å². The molecule has 0 spiro atoms. The average Bonchev–Trinajstić information content (AvgIpc) is 2.46. The molecule has 0 fully saturated rings. The van der Waals surface area contributed by atoms with Crippen molar-refractivity contribution < 1.29 is 4.74 Å². The summed E-state index contributed by atoms with van der Waals surface area (Å²) in [7, 11) is 1.68. The van der Waals surface area contributed by atoms with Crippen LogP contribution in [0.4, 0.5) is 0 Å². The highest BCUT2D eigenvalue weighted by Gasteiger charge is 2.25. The summed E-state index contributed by atoms with van der Waals surface area (Å²) in [5.41, 5.74) is 3.55. The summed E-state index contributed by atoms with van der Waals surface area (Å²) < 4.78 is 5.21. The first kappa shape index (κ1) is 13.4. The number of methoxy groups -OCH3 is 1. The Balaban J connectivity index is 2.49. The predicted molar refractivity (Wildman–Crippen MR) is 80.8 cm³/mol. The summed E-state index contributed by atoms with van der Waals surface area (Å²) in [5, 5.41) is 0. The second-order valence-corrected chi connectivity index (χ2v) is 5.00. The normalized spacial score (nSPS) is 13.6. The van der Waals surface area contributed by atoms with Gasteiger partial charge < -0.3 is 4.74 Å². The van der Waals surface area contributed by atoms with E-state index in [1.54, 1.807) is 7.11 Å². The van der Waals surface area contributed by atoms with E-state index in [0.717, 1.165) is 5.75 Å². The van der Waals surface area contributed by atoms with Crippen LogP contribution in [0.2, 0.25) is 0 Å². The molecule has 1 unspecified atom stereocenters. The molecule has 2 rings (SSSR count). The quantitative estimate of drug-likeness (QED) is 0.728. The van der Waals surface area contributed by atoms with E-state index in [4.69, 9.17) is 4.74 Å². The number of benzene rings is 2. The first-order valence-corrected chi connectivity index (χ1v) is 6.45. The Hall–Kier alpha value is -2.02. The van der Waals surface area contributed by atoms with E-state index in [-0.39, 0.29) is 5.41 Å². The minimum atomic E-state index is -0.182. The zero-order valence-corrected chi connectivity index (χ0v) is 11.8. The van der Waals surface area contributed by atoms with Crippen molar-refractivity contribution in [3.63, 3.8) is 0 Å². The van der Waals surface area contributed by atoms with Crippen molar-refractivity contribution >= 4 is 0 Å². The third kappa shape index (κ3) is 2.55. The molecule has 19 heavy (non-hydrogen) atoms. The summed E-state index contributed by atoms with van der Waals surface area (Å²) in [5.74, 6) is 0.874. The Labute approximate surface area is 115 Å². The highest BCUT2D eigenvalue weighted by molar-refractivity contribution is 5.45. The summed E-state index contributed by atoms with van der Waals surface area (Å²) >= 11 is 0. The number of hydrogen-bond acceptors (Lipinski definition) is 1. The van der Waals surface area contributed by atoms with Crippen molar-refractivity contribution in [3.05, 3.63) is 77.9 Å². The molecule has 0 bridgehead atoms. The maximum Gasteiger partial charge on any atom is 0.118 e. The molecule has 2 aromatic rings. The molecule has 0 aliphatic rings. The van der Waals surface area contributed by atoms with Crippen LogP contribution >= 0.6 is 0 Å². The Bertz CT molecular complexity index is 568. The second-order valence-electron chi connectivity index (χ2n) is 5.00. The molecule has 1 atom stereocenters. The zero-order chi connectivity index (χ0) is 13.9. The van der Waals surface area contributed by atoms with Crippen LogP contribution in [0.3, 0.4) is 0 Å². The monoisotopic (exact) mass is 252 g/mol. The Kier molecular flexibility index (Phi) is 3.75. The van der Waals surface area contributed by atoms with Gasteiger partial charge in [0.15, 0.2) is 0 Å². The van der Waals surface area contributed by atoms with Crippen LogP contribution in [-0.4, -0.2) is 7.11 Å². The second kappa shape index (κ2) is 5.31. The van der Waals surface area contributed by atoms with E-state index in [2.05, 4.69) is 56.8 Å². The molecule has 0 aromatic heterocycles. The van der Waals surface area contributed by atoms with Gasteiger partial charge in [0.25, 0.3) is 0 Å². The van der Waals surface area contributed by atoms with E-state index < -0.39 is 0 Å². The molecule has 0 radical (unpaired) electrons. The largest absolute Gasteiger partial charge is 0.497 e. The molecule has 0 aliphatic heterocycles. The number of hydrogen-bond donors (Lipinski definition) is 0. The van der Waals surface area contributed by atoms with Gasteiger partial charge in [-0.05, 0) is 37.1 Å². The van der Waals surface area contributed by atoms with Gasteiger partial charge in [0, 0.05) is 5.41 Å². The molecule has 2 aromatic carbocycles. The lowest BCUT2D eigenvalue weighted by molar-refractivity contribution is 0.414. The molecule has 0 N–H and O–H groups in total. The van der Waals surface area contributed by atoms with Gasteiger partial charge >= 0.3 is 0 Å². The number of allylic oxidation sites excluding steroid dienone is 1. The molecular formula is C18H20O. The maximum atomic E-state index is 5.21. The molecular weight excluding hydrogens is 232 g/mol. The Morgan fingerprint density at radius 2 is 1.74 bits per heavy atom. The number of ether oxygens (including phenoxy) is 1. The lowest BCUT2D eigenvalue weighted by Crippen LogP contribution is -2.20. The minimum absolute atomic E-state index is 0.182. The van der Waals surface area contributed by atoms with Crippen LogP contribution in [0.15, 0.2) is 61.2 Å². The van der Waals surface area contributed by atoms with E-state index in [1.807, 2.05) is 18.2 Å². The fourth-order valence-electron chi connectivity index (χ4n) is 2.31. The average molecular weight is 252 g/mol.